The number of aryl methyl sites for hydroxylation is 2. The fraction of sp³-hybridized carbons (Fsp3) is 0.417. The summed E-state index contributed by atoms with van der Waals surface area (Å²) < 4.78 is 2.56. The Balaban J connectivity index is 2.50. The summed E-state index contributed by atoms with van der Waals surface area (Å²) in [4.78, 5) is 4.14. The highest BCUT2D eigenvalue weighted by atomic mass is 79.9. The summed E-state index contributed by atoms with van der Waals surface area (Å²) in [7, 11) is 1.90. The molecule has 1 unspecified atom stereocenters. The van der Waals surface area contributed by atoms with E-state index in [4.69, 9.17) is 0 Å². The monoisotopic (exact) mass is 309 g/mol. The largest absolute Gasteiger partial charge is 0.305 e. The molecule has 0 saturated heterocycles. The third-order valence-electron chi connectivity index (χ3n) is 2.88. The van der Waals surface area contributed by atoms with E-state index in [0.717, 1.165) is 22.4 Å². The molecule has 2 aromatic heterocycles. The van der Waals surface area contributed by atoms with Crippen LogP contribution in [0.3, 0.4) is 0 Å². The van der Waals surface area contributed by atoms with E-state index in [-0.39, 0.29) is 6.04 Å². The highest BCUT2D eigenvalue weighted by Gasteiger charge is 2.22. The molecule has 18 heavy (non-hydrogen) atoms. The number of halogens is 1. The van der Waals surface area contributed by atoms with E-state index in [1.807, 2.05) is 25.5 Å². The predicted octanol–water partition coefficient (Wildman–Crippen LogP) is 1.98. The summed E-state index contributed by atoms with van der Waals surface area (Å²) in [5, 5.41) is 11.6. The molecule has 0 saturated carbocycles. The maximum atomic E-state index is 4.14. The van der Waals surface area contributed by atoms with Crippen molar-refractivity contribution in [3.8, 4) is 0 Å². The number of hydrogen-bond acceptors (Lipinski definition) is 4. The minimum atomic E-state index is 0.0624. The smallest absolute Gasteiger partial charge is 0.153 e. The normalized spacial score (nSPS) is 12.7. The van der Waals surface area contributed by atoms with Crippen molar-refractivity contribution in [2.75, 3.05) is 6.54 Å². The second-order valence-electron chi connectivity index (χ2n) is 4.11. The van der Waals surface area contributed by atoms with Crippen LogP contribution in [0.1, 0.15) is 29.8 Å². The van der Waals surface area contributed by atoms with Gasteiger partial charge in [-0.1, -0.05) is 12.1 Å². The van der Waals surface area contributed by atoms with Gasteiger partial charge in [0.15, 0.2) is 4.60 Å². The zero-order chi connectivity index (χ0) is 13.1. The highest BCUT2D eigenvalue weighted by Crippen LogP contribution is 2.28. The van der Waals surface area contributed by atoms with Crippen molar-refractivity contribution in [1.29, 1.82) is 0 Å². The van der Waals surface area contributed by atoms with Crippen LogP contribution in [0.25, 0.3) is 0 Å². The average Bonchev–Trinajstić information content (AvgIpc) is 2.68. The van der Waals surface area contributed by atoms with Gasteiger partial charge in [-0.25, -0.2) is 4.68 Å². The van der Waals surface area contributed by atoms with E-state index in [1.54, 1.807) is 4.68 Å². The van der Waals surface area contributed by atoms with Gasteiger partial charge in [0.2, 0.25) is 0 Å². The van der Waals surface area contributed by atoms with Gasteiger partial charge in [-0.05, 0) is 46.6 Å². The quantitative estimate of drug-likeness (QED) is 0.938. The number of rotatable bonds is 4. The van der Waals surface area contributed by atoms with Crippen LogP contribution >= 0.6 is 15.9 Å². The van der Waals surface area contributed by atoms with Crippen molar-refractivity contribution < 1.29 is 0 Å². The minimum Gasteiger partial charge on any atom is -0.305 e. The molecule has 5 nitrogen and oxygen atoms in total. The van der Waals surface area contributed by atoms with Gasteiger partial charge >= 0.3 is 0 Å². The third-order valence-corrected chi connectivity index (χ3v) is 3.45. The molecule has 96 valence electrons. The summed E-state index contributed by atoms with van der Waals surface area (Å²) in [6.07, 6.45) is 3.68. The number of pyridine rings is 1. The number of aromatic nitrogens is 4. The first kappa shape index (κ1) is 13.2. The van der Waals surface area contributed by atoms with E-state index in [9.17, 15) is 0 Å². The third kappa shape index (κ3) is 2.44. The lowest BCUT2D eigenvalue weighted by Gasteiger charge is -2.20. The fourth-order valence-corrected chi connectivity index (χ4v) is 2.57. The first-order valence-electron chi connectivity index (χ1n) is 5.84. The summed E-state index contributed by atoms with van der Waals surface area (Å²) in [6.45, 7) is 5.01. The number of nitrogens with one attached hydrogen (secondary N) is 1. The van der Waals surface area contributed by atoms with Crippen LogP contribution in [0.4, 0.5) is 0 Å². The molecule has 0 aliphatic heterocycles. The number of hydrogen-bond donors (Lipinski definition) is 1. The van der Waals surface area contributed by atoms with E-state index >= 15 is 0 Å². The predicted molar refractivity (Wildman–Crippen MR) is 73.2 cm³/mol. The van der Waals surface area contributed by atoms with Gasteiger partial charge in [-0.15, -0.1) is 5.10 Å². The summed E-state index contributed by atoms with van der Waals surface area (Å²) in [5.74, 6) is 0. The van der Waals surface area contributed by atoms with Gasteiger partial charge < -0.3 is 5.32 Å². The lowest BCUT2D eigenvalue weighted by atomic mass is 10.0. The Bertz CT molecular complexity index is 518. The molecule has 1 atom stereocenters. The minimum absolute atomic E-state index is 0.0624. The average molecular weight is 310 g/mol. The Morgan fingerprint density at radius 3 is 2.83 bits per heavy atom. The van der Waals surface area contributed by atoms with Crippen molar-refractivity contribution in [1.82, 2.24) is 25.3 Å². The van der Waals surface area contributed by atoms with Crippen LogP contribution in [0.5, 0.6) is 0 Å². The van der Waals surface area contributed by atoms with Crippen LogP contribution in [0.2, 0.25) is 0 Å². The molecular weight excluding hydrogens is 294 g/mol. The summed E-state index contributed by atoms with van der Waals surface area (Å²) >= 11 is 3.46. The van der Waals surface area contributed by atoms with Crippen LogP contribution in [-0.4, -0.2) is 26.5 Å². The molecule has 6 heteroatoms. The van der Waals surface area contributed by atoms with E-state index in [1.165, 1.54) is 5.56 Å². The van der Waals surface area contributed by atoms with Crippen molar-refractivity contribution in [3.63, 3.8) is 0 Å². The zero-order valence-corrected chi connectivity index (χ0v) is 12.3. The Labute approximate surface area is 115 Å². The highest BCUT2D eigenvalue weighted by molar-refractivity contribution is 9.10. The van der Waals surface area contributed by atoms with Crippen LogP contribution in [-0.2, 0) is 7.05 Å². The van der Waals surface area contributed by atoms with Crippen LogP contribution in [0, 0.1) is 6.92 Å². The van der Waals surface area contributed by atoms with Gasteiger partial charge in [0.05, 0.1) is 11.7 Å². The Hall–Kier alpha value is -1.27. The molecule has 1 N–H and O–H groups in total. The standard InChI is InChI=1S/C12H16BrN5/c1-4-15-10(9-5-6-14-7-8(9)2)11-12(13)16-17-18(11)3/h5-7,10,15H,4H2,1-3H3. The second kappa shape index (κ2) is 5.58. The molecule has 0 spiro atoms. The molecule has 2 aromatic rings. The molecule has 0 aliphatic carbocycles. The maximum Gasteiger partial charge on any atom is 0.153 e. The SMILES string of the molecule is CCNC(c1ccncc1C)c1c(Br)nnn1C. The van der Waals surface area contributed by atoms with Crippen LogP contribution < -0.4 is 5.32 Å². The Kier molecular flexibility index (Phi) is 4.08. The number of nitrogens with zero attached hydrogens (tertiary/aromatic N) is 4. The molecule has 0 bridgehead atoms. The lowest BCUT2D eigenvalue weighted by Crippen LogP contribution is -2.25. The fourth-order valence-electron chi connectivity index (χ4n) is 2.01. The van der Waals surface area contributed by atoms with E-state index < -0.39 is 0 Å². The molecular formula is C12H16BrN5. The van der Waals surface area contributed by atoms with Gasteiger partial charge in [-0.2, -0.15) is 0 Å². The van der Waals surface area contributed by atoms with Crippen molar-refractivity contribution in [2.24, 2.45) is 7.05 Å². The maximum absolute atomic E-state index is 4.14. The second-order valence-corrected chi connectivity index (χ2v) is 4.86. The Morgan fingerprint density at radius 1 is 1.50 bits per heavy atom. The van der Waals surface area contributed by atoms with Gasteiger partial charge in [0.25, 0.3) is 0 Å². The van der Waals surface area contributed by atoms with Gasteiger partial charge in [-0.3, -0.25) is 4.98 Å². The van der Waals surface area contributed by atoms with Gasteiger partial charge in [0, 0.05) is 19.4 Å². The van der Waals surface area contributed by atoms with E-state index in [0.29, 0.717) is 0 Å². The summed E-state index contributed by atoms with van der Waals surface area (Å²) in [6, 6.07) is 2.09. The Morgan fingerprint density at radius 2 is 2.28 bits per heavy atom. The topological polar surface area (TPSA) is 55.6 Å². The van der Waals surface area contributed by atoms with E-state index in [2.05, 4.69) is 50.4 Å². The molecule has 0 amide bonds. The molecule has 0 aliphatic rings. The van der Waals surface area contributed by atoms with Gasteiger partial charge in [0.1, 0.15) is 0 Å². The first-order valence-corrected chi connectivity index (χ1v) is 6.63. The molecule has 2 rings (SSSR count). The molecule has 0 aromatic carbocycles. The molecule has 0 fully saturated rings. The first-order chi connectivity index (χ1) is 8.65. The van der Waals surface area contributed by atoms with Crippen molar-refractivity contribution in [3.05, 3.63) is 39.9 Å². The summed E-state index contributed by atoms with van der Waals surface area (Å²) in [5.41, 5.74) is 3.36. The van der Waals surface area contributed by atoms with Crippen molar-refractivity contribution >= 4 is 15.9 Å². The molecule has 2 heterocycles. The zero-order valence-electron chi connectivity index (χ0n) is 10.7. The molecule has 0 radical (unpaired) electrons. The lowest BCUT2D eigenvalue weighted by molar-refractivity contribution is 0.564. The van der Waals surface area contributed by atoms with Crippen LogP contribution in [0.15, 0.2) is 23.1 Å². The van der Waals surface area contributed by atoms with Crippen molar-refractivity contribution in [2.45, 2.75) is 19.9 Å².